The van der Waals surface area contributed by atoms with E-state index in [-0.39, 0.29) is 5.54 Å². The molecular formula is C19H32N2. The van der Waals surface area contributed by atoms with Crippen LogP contribution in [-0.2, 0) is 6.54 Å². The first-order valence-corrected chi connectivity index (χ1v) is 8.28. The lowest BCUT2D eigenvalue weighted by atomic mass is 9.81. The lowest BCUT2D eigenvalue weighted by Gasteiger charge is -2.50. The van der Waals surface area contributed by atoms with Gasteiger partial charge in [0.2, 0.25) is 0 Å². The van der Waals surface area contributed by atoms with Crippen LogP contribution < -0.4 is 5.32 Å². The molecule has 2 heteroatoms. The van der Waals surface area contributed by atoms with Crippen molar-refractivity contribution < 1.29 is 0 Å². The minimum absolute atomic E-state index is 0.243. The predicted octanol–water partition coefficient (Wildman–Crippen LogP) is 3.98. The number of hydrogen-bond donors (Lipinski definition) is 1. The minimum atomic E-state index is 0.243. The maximum absolute atomic E-state index is 3.79. The smallest absolute Gasteiger partial charge is 0.0278 e. The largest absolute Gasteiger partial charge is 0.309 e. The molecule has 1 heterocycles. The molecule has 0 bridgehead atoms. The number of nitrogens with one attached hydrogen (secondary N) is 1. The molecule has 21 heavy (non-hydrogen) atoms. The Labute approximate surface area is 130 Å². The van der Waals surface area contributed by atoms with Crippen LogP contribution in [0.2, 0.25) is 0 Å². The zero-order valence-corrected chi connectivity index (χ0v) is 14.7. The second kappa shape index (κ2) is 6.10. The van der Waals surface area contributed by atoms with Gasteiger partial charge < -0.3 is 5.32 Å². The molecule has 2 unspecified atom stereocenters. The Balaban J connectivity index is 2.18. The van der Waals surface area contributed by atoms with Crippen LogP contribution in [0.1, 0.15) is 52.2 Å². The third-order valence-corrected chi connectivity index (χ3v) is 5.00. The molecule has 0 saturated carbocycles. The van der Waals surface area contributed by atoms with Gasteiger partial charge in [0.15, 0.2) is 0 Å². The molecule has 1 fully saturated rings. The first-order chi connectivity index (χ1) is 9.73. The van der Waals surface area contributed by atoms with E-state index in [0.29, 0.717) is 11.5 Å². The lowest BCUT2D eigenvalue weighted by Crippen LogP contribution is -2.65. The topological polar surface area (TPSA) is 15.3 Å². The molecule has 2 nitrogen and oxygen atoms in total. The summed E-state index contributed by atoms with van der Waals surface area (Å²) in [6, 6.07) is 9.59. The molecule has 1 aromatic carbocycles. The fourth-order valence-corrected chi connectivity index (χ4v) is 3.27. The van der Waals surface area contributed by atoms with E-state index < -0.39 is 0 Å². The summed E-state index contributed by atoms with van der Waals surface area (Å²) >= 11 is 0. The molecule has 1 aliphatic rings. The van der Waals surface area contributed by atoms with Crippen LogP contribution >= 0.6 is 0 Å². The van der Waals surface area contributed by atoms with Crippen molar-refractivity contribution in [3.8, 4) is 0 Å². The van der Waals surface area contributed by atoms with Gasteiger partial charge in [0.1, 0.15) is 0 Å². The molecule has 1 aliphatic heterocycles. The SMILES string of the molecule is CCC1(C)CN(Cc2ccc(C)cc2)C(C(C)(C)C)CN1. The summed E-state index contributed by atoms with van der Waals surface area (Å²) in [6.45, 7) is 17.1. The molecule has 2 atom stereocenters. The van der Waals surface area contributed by atoms with Gasteiger partial charge in [-0.1, -0.05) is 57.5 Å². The number of nitrogens with zero attached hydrogens (tertiary/aromatic N) is 1. The van der Waals surface area contributed by atoms with Gasteiger partial charge in [-0.25, -0.2) is 0 Å². The van der Waals surface area contributed by atoms with Crippen LogP contribution in [-0.4, -0.2) is 29.6 Å². The molecule has 1 saturated heterocycles. The van der Waals surface area contributed by atoms with E-state index in [1.165, 1.54) is 17.5 Å². The Bertz CT molecular complexity index is 457. The van der Waals surface area contributed by atoms with Crippen molar-refractivity contribution in [1.82, 2.24) is 10.2 Å². The summed E-state index contributed by atoms with van der Waals surface area (Å²) in [7, 11) is 0. The third kappa shape index (κ3) is 4.08. The highest BCUT2D eigenvalue weighted by Gasteiger charge is 2.39. The van der Waals surface area contributed by atoms with Gasteiger partial charge in [0, 0.05) is 31.2 Å². The van der Waals surface area contributed by atoms with Crippen LogP contribution in [0.5, 0.6) is 0 Å². The number of aryl methyl sites for hydroxylation is 1. The van der Waals surface area contributed by atoms with Gasteiger partial charge in [0.05, 0.1) is 0 Å². The Morgan fingerprint density at radius 1 is 1.24 bits per heavy atom. The summed E-state index contributed by atoms with van der Waals surface area (Å²) in [5.41, 5.74) is 3.30. The molecule has 0 aromatic heterocycles. The fourth-order valence-electron chi connectivity index (χ4n) is 3.27. The summed E-state index contributed by atoms with van der Waals surface area (Å²) < 4.78 is 0. The maximum Gasteiger partial charge on any atom is 0.0278 e. The summed E-state index contributed by atoms with van der Waals surface area (Å²) in [5, 5.41) is 3.79. The lowest BCUT2D eigenvalue weighted by molar-refractivity contribution is 0.0204. The van der Waals surface area contributed by atoms with E-state index in [1.807, 2.05) is 0 Å². The second-order valence-electron chi connectivity index (χ2n) is 8.07. The van der Waals surface area contributed by atoms with Crippen molar-refractivity contribution in [3.05, 3.63) is 35.4 Å². The second-order valence-corrected chi connectivity index (χ2v) is 8.07. The summed E-state index contributed by atoms with van der Waals surface area (Å²) in [6.07, 6.45) is 1.17. The molecule has 2 rings (SSSR count). The molecular weight excluding hydrogens is 256 g/mol. The third-order valence-electron chi connectivity index (χ3n) is 5.00. The van der Waals surface area contributed by atoms with Gasteiger partial charge in [-0.15, -0.1) is 0 Å². The van der Waals surface area contributed by atoms with E-state index in [9.17, 15) is 0 Å². The molecule has 0 aliphatic carbocycles. The van der Waals surface area contributed by atoms with E-state index in [0.717, 1.165) is 19.6 Å². The van der Waals surface area contributed by atoms with Gasteiger partial charge in [0.25, 0.3) is 0 Å². The predicted molar refractivity (Wildman–Crippen MR) is 91.5 cm³/mol. The van der Waals surface area contributed by atoms with E-state index >= 15 is 0 Å². The van der Waals surface area contributed by atoms with Crippen molar-refractivity contribution in [2.24, 2.45) is 5.41 Å². The van der Waals surface area contributed by atoms with Gasteiger partial charge in [-0.05, 0) is 31.2 Å². The molecule has 0 spiro atoms. The zero-order valence-electron chi connectivity index (χ0n) is 14.7. The highest BCUT2D eigenvalue weighted by Crippen LogP contribution is 2.31. The Morgan fingerprint density at radius 3 is 2.38 bits per heavy atom. The monoisotopic (exact) mass is 288 g/mol. The van der Waals surface area contributed by atoms with Crippen LogP contribution in [0, 0.1) is 12.3 Å². The summed E-state index contributed by atoms with van der Waals surface area (Å²) in [4.78, 5) is 2.69. The van der Waals surface area contributed by atoms with Gasteiger partial charge >= 0.3 is 0 Å². The first kappa shape index (κ1) is 16.5. The van der Waals surface area contributed by atoms with Crippen LogP contribution in [0.15, 0.2) is 24.3 Å². The summed E-state index contributed by atoms with van der Waals surface area (Å²) in [5.74, 6) is 0. The average molecular weight is 288 g/mol. The number of hydrogen-bond acceptors (Lipinski definition) is 2. The Morgan fingerprint density at radius 2 is 1.86 bits per heavy atom. The maximum atomic E-state index is 3.79. The zero-order chi connectivity index (χ0) is 15.7. The van der Waals surface area contributed by atoms with Crippen LogP contribution in [0.4, 0.5) is 0 Å². The highest BCUT2D eigenvalue weighted by atomic mass is 15.3. The van der Waals surface area contributed by atoms with E-state index in [1.54, 1.807) is 0 Å². The molecule has 1 aromatic rings. The van der Waals surface area contributed by atoms with E-state index in [2.05, 4.69) is 76.0 Å². The Kier molecular flexibility index (Phi) is 4.79. The molecule has 118 valence electrons. The number of benzene rings is 1. The molecule has 0 radical (unpaired) electrons. The Hall–Kier alpha value is -0.860. The number of piperazine rings is 1. The molecule has 1 N–H and O–H groups in total. The van der Waals surface area contributed by atoms with Crippen molar-refractivity contribution in [2.45, 2.75) is 66.1 Å². The highest BCUT2D eigenvalue weighted by molar-refractivity contribution is 5.21. The number of rotatable bonds is 3. The quantitative estimate of drug-likeness (QED) is 0.905. The minimum Gasteiger partial charge on any atom is -0.309 e. The van der Waals surface area contributed by atoms with Crippen molar-refractivity contribution in [2.75, 3.05) is 13.1 Å². The average Bonchev–Trinajstić information content (AvgIpc) is 2.40. The molecule has 0 amide bonds. The van der Waals surface area contributed by atoms with Crippen LogP contribution in [0.25, 0.3) is 0 Å². The van der Waals surface area contributed by atoms with Gasteiger partial charge in [-0.3, -0.25) is 4.90 Å². The normalized spacial score (nSPS) is 27.8. The fraction of sp³-hybridized carbons (Fsp3) is 0.684. The van der Waals surface area contributed by atoms with E-state index in [4.69, 9.17) is 0 Å². The first-order valence-electron chi connectivity index (χ1n) is 8.28. The standard InChI is InChI=1S/C19H32N2/c1-7-19(6)14-21(17(12-20-19)18(3,4)5)13-16-10-8-15(2)9-11-16/h8-11,17,20H,7,12-14H2,1-6H3. The van der Waals surface area contributed by atoms with Crippen LogP contribution in [0.3, 0.4) is 0 Å². The van der Waals surface area contributed by atoms with Gasteiger partial charge in [-0.2, -0.15) is 0 Å². The van der Waals surface area contributed by atoms with Crippen molar-refractivity contribution in [1.29, 1.82) is 0 Å². The van der Waals surface area contributed by atoms with Crippen molar-refractivity contribution in [3.63, 3.8) is 0 Å². The van der Waals surface area contributed by atoms with Crippen molar-refractivity contribution >= 4 is 0 Å².